The van der Waals surface area contributed by atoms with Crippen LogP contribution < -0.4 is 10.5 Å². The maximum atomic E-state index is 12.1. The van der Waals surface area contributed by atoms with E-state index in [4.69, 9.17) is 10.2 Å². The molecule has 0 bridgehead atoms. The summed E-state index contributed by atoms with van der Waals surface area (Å²) >= 11 is 1.60. The number of amidine groups is 1. The highest BCUT2D eigenvalue weighted by molar-refractivity contribution is 7.98. The minimum absolute atomic E-state index is 0.0124. The van der Waals surface area contributed by atoms with Crippen molar-refractivity contribution in [2.45, 2.75) is 24.5 Å². The molecule has 0 aliphatic carbocycles. The van der Waals surface area contributed by atoms with Gasteiger partial charge in [-0.1, -0.05) is 5.92 Å². The van der Waals surface area contributed by atoms with E-state index >= 15 is 0 Å². The van der Waals surface area contributed by atoms with Crippen LogP contribution in [0.1, 0.15) is 18.4 Å². The Balaban J connectivity index is 1.96. The van der Waals surface area contributed by atoms with E-state index < -0.39 is 21.2 Å². The third-order valence-corrected chi connectivity index (χ3v) is 6.04. The molecule has 28 heavy (non-hydrogen) atoms. The number of furan rings is 1. The van der Waals surface area contributed by atoms with E-state index in [0.29, 0.717) is 18.1 Å². The van der Waals surface area contributed by atoms with Crippen molar-refractivity contribution < 1.29 is 17.6 Å². The Morgan fingerprint density at radius 1 is 1.39 bits per heavy atom. The first-order chi connectivity index (χ1) is 13.2. The minimum Gasteiger partial charge on any atom is -0.464 e. The van der Waals surface area contributed by atoms with Gasteiger partial charge in [-0.15, -0.1) is 0 Å². The highest BCUT2D eigenvalue weighted by atomic mass is 32.2. The Bertz CT molecular complexity index is 938. The Hall–Kier alpha value is -2.29. The number of carbonyl (C=O) groups excluding carboxylic acids is 1. The molecule has 1 aromatic heterocycles. The van der Waals surface area contributed by atoms with Crippen molar-refractivity contribution in [1.29, 1.82) is 0 Å². The lowest BCUT2D eigenvalue weighted by Gasteiger charge is -2.05. The number of rotatable bonds is 8. The maximum absolute atomic E-state index is 12.1. The third-order valence-electron chi connectivity index (χ3n) is 3.53. The summed E-state index contributed by atoms with van der Waals surface area (Å²) in [6.45, 7) is 2.62. The molecule has 152 valence electrons. The van der Waals surface area contributed by atoms with Crippen LogP contribution in [-0.4, -0.2) is 62.4 Å². The largest absolute Gasteiger partial charge is 0.464 e. The van der Waals surface area contributed by atoms with Gasteiger partial charge in [0, 0.05) is 11.8 Å². The lowest BCUT2D eigenvalue weighted by Crippen LogP contribution is -2.39. The number of nitrogens with one attached hydrogen (secondary N) is 1. The maximum Gasteiger partial charge on any atom is 0.251 e. The van der Waals surface area contributed by atoms with E-state index in [9.17, 15) is 13.2 Å². The molecule has 1 aliphatic rings. The molecule has 9 nitrogen and oxygen atoms in total. The highest BCUT2D eigenvalue weighted by Crippen LogP contribution is 2.17. The number of thioether (sulfide) groups is 1. The summed E-state index contributed by atoms with van der Waals surface area (Å²) in [5.74, 6) is 4.59. The SMILES string of the molecule is CC#CN=C1C(=NCCSCc2ccc(CN(C)C)o2)NS(=O)(=O)C1C(N)=O. The standard InChI is InChI=1S/C17H23N5O4S2/c1-4-7-19-14-15(16(18)23)28(24,25)21-17(14)20-8-9-27-11-13-6-5-12(26-13)10-22(2)3/h5-6,15H,8-11H2,1-3H3,(H2,18,23)(H,20,21). The molecule has 1 amide bonds. The van der Waals surface area contributed by atoms with Gasteiger partial charge in [-0.05, 0) is 33.2 Å². The van der Waals surface area contributed by atoms with Crippen LogP contribution in [0.5, 0.6) is 0 Å². The summed E-state index contributed by atoms with van der Waals surface area (Å²) in [5.41, 5.74) is 5.15. The van der Waals surface area contributed by atoms with E-state index in [-0.39, 0.29) is 11.5 Å². The average Bonchev–Trinajstić information content (AvgIpc) is 3.13. The fourth-order valence-corrected chi connectivity index (χ4v) is 4.48. The molecule has 1 fully saturated rings. The third kappa shape index (κ3) is 5.85. The van der Waals surface area contributed by atoms with Crippen LogP contribution >= 0.6 is 11.8 Å². The fourth-order valence-electron chi connectivity index (χ4n) is 2.44. The lowest BCUT2D eigenvalue weighted by molar-refractivity contribution is -0.116. The van der Waals surface area contributed by atoms with Crippen LogP contribution in [0.4, 0.5) is 0 Å². The zero-order valence-corrected chi connectivity index (χ0v) is 17.6. The van der Waals surface area contributed by atoms with Gasteiger partial charge >= 0.3 is 0 Å². The van der Waals surface area contributed by atoms with E-state index in [0.717, 1.165) is 18.1 Å². The van der Waals surface area contributed by atoms with Crippen LogP contribution in [0.25, 0.3) is 0 Å². The van der Waals surface area contributed by atoms with Gasteiger partial charge in [0.25, 0.3) is 10.0 Å². The second-order valence-electron chi connectivity index (χ2n) is 6.18. The molecule has 1 aromatic rings. The predicted molar refractivity (Wildman–Crippen MR) is 110 cm³/mol. The zero-order chi connectivity index (χ0) is 20.7. The van der Waals surface area contributed by atoms with Gasteiger partial charge in [-0.3, -0.25) is 14.5 Å². The molecular formula is C17H23N5O4S2. The molecule has 11 heteroatoms. The van der Waals surface area contributed by atoms with Crippen molar-refractivity contribution in [3.8, 4) is 12.0 Å². The van der Waals surface area contributed by atoms with Crippen molar-refractivity contribution in [3.63, 3.8) is 0 Å². The fraction of sp³-hybridized carbons (Fsp3) is 0.471. The first-order valence-electron chi connectivity index (χ1n) is 8.39. The van der Waals surface area contributed by atoms with Gasteiger partial charge in [-0.2, -0.15) is 16.8 Å². The van der Waals surface area contributed by atoms with Crippen molar-refractivity contribution in [3.05, 3.63) is 23.7 Å². The molecule has 0 spiro atoms. The Morgan fingerprint density at radius 2 is 2.11 bits per heavy atom. The first-order valence-corrected chi connectivity index (χ1v) is 11.1. The van der Waals surface area contributed by atoms with E-state index in [2.05, 4.69) is 26.7 Å². The van der Waals surface area contributed by atoms with Crippen LogP contribution in [0.3, 0.4) is 0 Å². The molecular weight excluding hydrogens is 402 g/mol. The van der Waals surface area contributed by atoms with Gasteiger partial charge in [0.2, 0.25) is 11.2 Å². The summed E-state index contributed by atoms with van der Waals surface area (Å²) in [5, 5.41) is -1.59. The number of amides is 1. The van der Waals surface area contributed by atoms with Crippen LogP contribution in [-0.2, 0) is 27.1 Å². The van der Waals surface area contributed by atoms with Crippen molar-refractivity contribution in [1.82, 2.24) is 9.62 Å². The minimum atomic E-state index is -3.99. The number of sulfonamides is 1. The molecule has 0 radical (unpaired) electrons. The lowest BCUT2D eigenvalue weighted by atomic mass is 10.2. The van der Waals surface area contributed by atoms with E-state index in [1.54, 1.807) is 18.7 Å². The number of carbonyl (C=O) groups is 1. The van der Waals surface area contributed by atoms with Gasteiger partial charge in [-0.25, -0.2) is 8.42 Å². The smallest absolute Gasteiger partial charge is 0.251 e. The average molecular weight is 426 g/mol. The summed E-state index contributed by atoms with van der Waals surface area (Å²) in [6, 6.07) is 6.29. The summed E-state index contributed by atoms with van der Waals surface area (Å²) in [6.07, 6.45) is 0. The first kappa shape index (κ1) is 22.0. The van der Waals surface area contributed by atoms with Crippen molar-refractivity contribution in [2.24, 2.45) is 15.7 Å². The molecule has 1 atom stereocenters. The Kier molecular flexibility index (Phi) is 7.68. The molecule has 2 rings (SSSR count). The quantitative estimate of drug-likeness (QED) is 0.451. The second kappa shape index (κ2) is 9.77. The summed E-state index contributed by atoms with van der Waals surface area (Å²) in [7, 11) is -0.0436. The molecule has 2 heterocycles. The number of primary amides is 1. The van der Waals surface area contributed by atoms with Gasteiger partial charge in [0.05, 0.1) is 18.8 Å². The highest BCUT2D eigenvalue weighted by Gasteiger charge is 2.45. The van der Waals surface area contributed by atoms with Crippen LogP contribution in [0.15, 0.2) is 26.5 Å². The Labute approximate surface area is 168 Å². The van der Waals surface area contributed by atoms with Gasteiger partial charge in [0.1, 0.15) is 17.2 Å². The van der Waals surface area contributed by atoms with Gasteiger partial charge in [0.15, 0.2) is 5.84 Å². The molecule has 1 unspecified atom stereocenters. The monoisotopic (exact) mass is 425 g/mol. The van der Waals surface area contributed by atoms with Crippen LogP contribution in [0.2, 0.25) is 0 Å². The molecule has 0 aromatic carbocycles. The zero-order valence-electron chi connectivity index (χ0n) is 15.9. The number of aliphatic imine (C=N–C) groups is 2. The molecule has 1 aliphatic heterocycles. The number of hydrogen-bond donors (Lipinski definition) is 2. The number of nitrogens with two attached hydrogens (primary N) is 1. The van der Waals surface area contributed by atoms with Crippen molar-refractivity contribution in [2.75, 3.05) is 26.4 Å². The summed E-state index contributed by atoms with van der Waals surface area (Å²) in [4.78, 5) is 21.6. The van der Waals surface area contributed by atoms with Crippen molar-refractivity contribution >= 4 is 39.2 Å². The normalized spacial score (nSPS) is 20.9. The molecule has 3 N–H and O–H groups in total. The van der Waals surface area contributed by atoms with E-state index in [1.165, 1.54) is 0 Å². The molecule has 1 saturated heterocycles. The summed E-state index contributed by atoms with van der Waals surface area (Å²) < 4.78 is 32.2. The topological polar surface area (TPSA) is 130 Å². The predicted octanol–water partition coefficient (Wildman–Crippen LogP) is 0.182. The molecule has 0 saturated carbocycles. The number of hydrogen-bond acceptors (Lipinski definition) is 8. The van der Waals surface area contributed by atoms with Crippen LogP contribution in [0, 0.1) is 12.0 Å². The second-order valence-corrected chi connectivity index (χ2v) is 9.05. The number of nitrogens with zero attached hydrogens (tertiary/aromatic N) is 3. The Morgan fingerprint density at radius 3 is 2.75 bits per heavy atom. The van der Waals surface area contributed by atoms with E-state index in [1.807, 2.05) is 31.1 Å². The van der Waals surface area contributed by atoms with Gasteiger partial charge < -0.3 is 15.1 Å².